The molecule has 1 atom stereocenters. The summed E-state index contributed by atoms with van der Waals surface area (Å²) in [6.45, 7) is 1.46. The van der Waals surface area contributed by atoms with E-state index in [4.69, 9.17) is 0 Å². The maximum absolute atomic E-state index is 11.6. The van der Waals surface area contributed by atoms with Gasteiger partial charge in [-0.15, -0.1) is 0 Å². The van der Waals surface area contributed by atoms with Gasteiger partial charge in [-0.25, -0.2) is 0 Å². The summed E-state index contributed by atoms with van der Waals surface area (Å²) in [5.41, 5.74) is 2.07. The van der Waals surface area contributed by atoms with Crippen LogP contribution in [0.4, 0.5) is 11.4 Å². The van der Waals surface area contributed by atoms with Crippen LogP contribution in [0.3, 0.4) is 0 Å². The normalized spacial score (nSPS) is 18.3. The van der Waals surface area contributed by atoms with Crippen molar-refractivity contribution in [2.24, 2.45) is 0 Å². The highest BCUT2D eigenvalue weighted by Gasteiger charge is 2.52. The number of benzene rings is 2. The SMILES string of the molecule is CN(C)c1cccc2c([N+]3(S(=O)O)CC3)cccc12. The molecule has 2 aromatic carbocycles. The Morgan fingerprint density at radius 2 is 1.74 bits per heavy atom. The zero-order valence-corrected chi connectivity index (χ0v) is 11.9. The van der Waals surface area contributed by atoms with Crippen molar-refractivity contribution in [2.75, 3.05) is 32.1 Å². The number of fused-ring (bicyclic) bond motifs is 1. The van der Waals surface area contributed by atoms with Crippen LogP contribution < -0.4 is 8.79 Å². The number of rotatable bonds is 3. The lowest BCUT2D eigenvalue weighted by atomic mass is 10.1. The first-order valence-corrected chi connectivity index (χ1v) is 7.31. The largest absolute Gasteiger partial charge is 0.377 e. The van der Waals surface area contributed by atoms with E-state index < -0.39 is 11.3 Å². The van der Waals surface area contributed by atoms with Crippen LogP contribution >= 0.6 is 0 Å². The summed E-state index contributed by atoms with van der Waals surface area (Å²) in [5.74, 6) is 0. The average molecular weight is 277 g/mol. The van der Waals surface area contributed by atoms with E-state index in [1.807, 2.05) is 38.4 Å². The number of hydrogen-bond acceptors (Lipinski definition) is 2. The van der Waals surface area contributed by atoms with Gasteiger partial charge in [-0.2, -0.15) is 8.10 Å². The summed E-state index contributed by atoms with van der Waals surface area (Å²) in [5, 5.41) is 2.19. The highest BCUT2D eigenvalue weighted by atomic mass is 32.2. The minimum Gasteiger partial charge on any atom is -0.377 e. The van der Waals surface area contributed by atoms with E-state index in [1.165, 1.54) is 0 Å². The highest BCUT2D eigenvalue weighted by molar-refractivity contribution is 7.79. The van der Waals surface area contributed by atoms with Gasteiger partial charge in [0.15, 0.2) is 5.69 Å². The molecule has 0 amide bonds. The second-order valence-electron chi connectivity index (χ2n) is 5.11. The van der Waals surface area contributed by atoms with Gasteiger partial charge >= 0.3 is 11.3 Å². The summed E-state index contributed by atoms with van der Waals surface area (Å²) in [4.78, 5) is 2.06. The minimum atomic E-state index is -1.87. The summed E-state index contributed by atoms with van der Waals surface area (Å²) in [6.07, 6.45) is 0. The molecule has 100 valence electrons. The van der Waals surface area contributed by atoms with Gasteiger partial charge in [0.05, 0.1) is 0 Å². The summed E-state index contributed by atoms with van der Waals surface area (Å²) >= 11 is -1.87. The van der Waals surface area contributed by atoms with Gasteiger partial charge in [0.1, 0.15) is 13.1 Å². The molecule has 19 heavy (non-hydrogen) atoms. The molecule has 1 aliphatic rings. The number of quaternary nitrogens is 1. The van der Waals surface area contributed by atoms with Crippen LogP contribution in [-0.4, -0.2) is 35.9 Å². The first kappa shape index (κ1) is 12.6. The molecule has 1 saturated heterocycles. The van der Waals surface area contributed by atoms with E-state index in [9.17, 15) is 8.76 Å². The van der Waals surface area contributed by atoms with Crippen molar-refractivity contribution in [1.82, 2.24) is 3.89 Å². The Labute approximate surface area is 115 Å². The number of hydrogen-bond donors (Lipinski definition) is 1. The van der Waals surface area contributed by atoms with E-state index in [0.717, 1.165) is 35.2 Å². The van der Waals surface area contributed by atoms with Gasteiger partial charge in [-0.3, -0.25) is 4.55 Å². The monoisotopic (exact) mass is 277 g/mol. The van der Waals surface area contributed by atoms with Crippen molar-refractivity contribution in [1.29, 1.82) is 0 Å². The maximum atomic E-state index is 11.6. The molecule has 0 radical (unpaired) electrons. The molecule has 1 N–H and O–H groups in total. The van der Waals surface area contributed by atoms with Gasteiger partial charge in [-0.1, -0.05) is 18.2 Å². The van der Waals surface area contributed by atoms with Crippen LogP contribution in [0.2, 0.25) is 0 Å². The number of nitrogens with zero attached hydrogens (tertiary/aromatic N) is 2. The fourth-order valence-electron chi connectivity index (χ4n) is 2.59. The molecular formula is C14H17N2O2S+. The Balaban J connectivity index is 2.28. The van der Waals surface area contributed by atoms with Crippen molar-refractivity contribution in [3.63, 3.8) is 0 Å². The standard InChI is InChI=1S/C14H16N2O2S/c1-15(2)13-7-3-6-12-11(13)5-4-8-14(12)16(9-10-16)19(17)18/h3-8H,9-10H2,1-2H3/p+1. The lowest BCUT2D eigenvalue weighted by Gasteiger charge is -2.18. The molecule has 1 fully saturated rings. The maximum Gasteiger partial charge on any atom is 0.364 e. The molecule has 3 rings (SSSR count). The van der Waals surface area contributed by atoms with Crippen LogP contribution in [0.25, 0.3) is 10.8 Å². The molecule has 4 nitrogen and oxygen atoms in total. The molecule has 0 aromatic heterocycles. The zero-order chi connectivity index (χ0) is 13.6. The predicted molar refractivity (Wildman–Crippen MR) is 80.6 cm³/mol. The smallest absolute Gasteiger partial charge is 0.364 e. The van der Waals surface area contributed by atoms with Gasteiger partial charge in [0, 0.05) is 36.6 Å². The molecule has 1 aliphatic heterocycles. The Morgan fingerprint density at radius 1 is 1.11 bits per heavy atom. The second kappa shape index (κ2) is 4.30. The van der Waals surface area contributed by atoms with Crippen LogP contribution in [-0.2, 0) is 11.3 Å². The first-order chi connectivity index (χ1) is 9.06. The van der Waals surface area contributed by atoms with E-state index in [2.05, 4.69) is 17.0 Å². The van der Waals surface area contributed by atoms with E-state index in [0.29, 0.717) is 0 Å². The summed E-state index contributed by atoms with van der Waals surface area (Å²) in [6, 6.07) is 12.1. The van der Waals surface area contributed by atoms with Crippen molar-refractivity contribution < 1.29 is 8.76 Å². The molecule has 5 heteroatoms. The van der Waals surface area contributed by atoms with Gasteiger partial charge in [0.25, 0.3) is 0 Å². The van der Waals surface area contributed by atoms with Crippen LogP contribution in [0.15, 0.2) is 36.4 Å². The molecule has 0 saturated carbocycles. The zero-order valence-electron chi connectivity index (χ0n) is 11.0. The molecule has 2 aromatic rings. The van der Waals surface area contributed by atoms with Gasteiger partial charge in [0.2, 0.25) is 0 Å². The third-order valence-electron chi connectivity index (χ3n) is 3.73. The highest BCUT2D eigenvalue weighted by Crippen LogP contribution is 2.41. The fraction of sp³-hybridized carbons (Fsp3) is 0.286. The number of anilines is 1. The van der Waals surface area contributed by atoms with Gasteiger partial charge < -0.3 is 4.90 Å². The Bertz CT molecular complexity index is 666. The summed E-state index contributed by atoms with van der Waals surface area (Å²) in [7, 11) is 4.01. The van der Waals surface area contributed by atoms with Crippen LogP contribution in [0.5, 0.6) is 0 Å². The quantitative estimate of drug-likeness (QED) is 0.532. The Morgan fingerprint density at radius 3 is 2.32 bits per heavy atom. The third-order valence-corrected chi connectivity index (χ3v) is 4.89. The minimum absolute atomic E-state index is 0.175. The van der Waals surface area contributed by atoms with Crippen molar-refractivity contribution in [3.8, 4) is 0 Å². The summed E-state index contributed by atoms with van der Waals surface area (Å²) < 4.78 is 21.4. The lowest BCUT2D eigenvalue weighted by Crippen LogP contribution is -2.28. The molecule has 0 spiro atoms. The molecular weight excluding hydrogens is 260 g/mol. The van der Waals surface area contributed by atoms with Crippen LogP contribution in [0, 0.1) is 0 Å². The molecule has 1 heterocycles. The Hall–Kier alpha value is -1.43. The first-order valence-electron chi connectivity index (χ1n) is 6.24. The topological polar surface area (TPSA) is 40.5 Å². The van der Waals surface area contributed by atoms with Crippen molar-refractivity contribution in [2.45, 2.75) is 0 Å². The fourth-order valence-corrected chi connectivity index (χ4v) is 3.32. The Kier molecular flexibility index (Phi) is 2.85. The lowest BCUT2D eigenvalue weighted by molar-refractivity contribution is 0.526. The molecule has 0 bridgehead atoms. The second-order valence-corrected chi connectivity index (χ2v) is 6.27. The van der Waals surface area contributed by atoms with E-state index in [1.54, 1.807) is 0 Å². The molecule has 1 unspecified atom stereocenters. The van der Waals surface area contributed by atoms with E-state index in [-0.39, 0.29) is 3.89 Å². The third kappa shape index (κ3) is 1.85. The average Bonchev–Trinajstić information content (AvgIpc) is 3.18. The van der Waals surface area contributed by atoms with Crippen molar-refractivity contribution >= 4 is 33.4 Å². The predicted octanol–water partition coefficient (Wildman–Crippen LogP) is 2.36. The van der Waals surface area contributed by atoms with Gasteiger partial charge in [-0.05, 0) is 12.1 Å². The van der Waals surface area contributed by atoms with Crippen molar-refractivity contribution in [3.05, 3.63) is 36.4 Å². The van der Waals surface area contributed by atoms with E-state index >= 15 is 0 Å². The molecule has 0 aliphatic carbocycles. The van der Waals surface area contributed by atoms with Crippen LogP contribution in [0.1, 0.15) is 0 Å².